The number of hydrogen-bond donors (Lipinski definition) is 1. The van der Waals surface area contributed by atoms with Gasteiger partial charge < -0.3 is 9.67 Å². The average Bonchev–Trinajstić information content (AvgIpc) is 2.64. The number of fused-ring (bicyclic) bond motifs is 1. The molecule has 0 spiro atoms. The number of carbonyl (C=O) groups is 1. The highest BCUT2D eigenvalue weighted by Gasteiger charge is 2.15. The van der Waals surface area contributed by atoms with Gasteiger partial charge in [0.05, 0.1) is 5.52 Å². The molecule has 0 aliphatic rings. The standard InChI is InChI=1S/C16H18ClNO2/c1-4-7-18-14-8-10(2)5-6-12(14)13(15(18)17)9-11(3)16(19)20/h5-6,8-9H,4,7H2,1-3H3,(H,19,20)/b11-9+. The molecule has 0 bridgehead atoms. The summed E-state index contributed by atoms with van der Waals surface area (Å²) in [4.78, 5) is 11.0. The van der Waals surface area contributed by atoms with Crippen molar-refractivity contribution in [3.8, 4) is 0 Å². The van der Waals surface area contributed by atoms with Gasteiger partial charge in [-0.25, -0.2) is 4.79 Å². The van der Waals surface area contributed by atoms with Gasteiger partial charge in [-0.1, -0.05) is 30.7 Å². The third-order valence-electron chi connectivity index (χ3n) is 3.34. The third kappa shape index (κ3) is 2.59. The summed E-state index contributed by atoms with van der Waals surface area (Å²) < 4.78 is 2.05. The van der Waals surface area contributed by atoms with Crippen molar-refractivity contribution in [1.82, 2.24) is 4.57 Å². The molecule has 3 nitrogen and oxygen atoms in total. The number of nitrogens with zero attached hydrogens (tertiary/aromatic N) is 1. The van der Waals surface area contributed by atoms with Crippen molar-refractivity contribution < 1.29 is 9.90 Å². The molecule has 1 heterocycles. The monoisotopic (exact) mass is 291 g/mol. The molecule has 0 atom stereocenters. The predicted octanol–water partition coefficient (Wildman–Crippen LogP) is 4.50. The van der Waals surface area contributed by atoms with E-state index in [1.807, 2.05) is 23.6 Å². The van der Waals surface area contributed by atoms with Gasteiger partial charge >= 0.3 is 5.97 Å². The molecule has 0 aliphatic carbocycles. The summed E-state index contributed by atoms with van der Waals surface area (Å²) in [5, 5.41) is 10.6. The molecule has 2 rings (SSSR count). The lowest BCUT2D eigenvalue weighted by atomic mass is 10.1. The molecule has 20 heavy (non-hydrogen) atoms. The Kier molecular flexibility index (Phi) is 4.19. The molecule has 0 aliphatic heterocycles. The second-order valence-corrected chi connectivity index (χ2v) is 5.37. The van der Waals surface area contributed by atoms with Crippen molar-refractivity contribution in [1.29, 1.82) is 0 Å². The molecule has 2 aromatic rings. The van der Waals surface area contributed by atoms with Crippen LogP contribution in [0.1, 0.15) is 31.4 Å². The Morgan fingerprint density at radius 1 is 1.45 bits per heavy atom. The molecule has 1 aromatic carbocycles. The van der Waals surface area contributed by atoms with Crippen LogP contribution in [0.3, 0.4) is 0 Å². The van der Waals surface area contributed by atoms with Gasteiger partial charge in [0.15, 0.2) is 0 Å². The van der Waals surface area contributed by atoms with Gasteiger partial charge in [0.1, 0.15) is 5.15 Å². The van der Waals surface area contributed by atoms with Crippen LogP contribution < -0.4 is 0 Å². The molecule has 0 radical (unpaired) electrons. The van der Waals surface area contributed by atoms with E-state index in [9.17, 15) is 4.79 Å². The fourth-order valence-corrected chi connectivity index (χ4v) is 2.64. The lowest BCUT2D eigenvalue weighted by molar-refractivity contribution is -0.132. The number of carboxylic acids is 1. The number of aliphatic carboxylic acids is 1. The van der Waals surface area contributed by atoms with Gasteiger partial charge in [0.25, 0.3) is 0 Å². The molecule has 1 aromatic heterocycles. The zero-order valence-electron chi connectivity index (χ0n) is 11.9. The van der Waals surface area contributed by atoms with Crippen molar-refractivity contribution in [2.24, 2.45) is 0 Å². The number of halogens is 1. The van der Waals surface area contributed by atoms with Gasteiger partial charge in [0, 0.05) is 23.1 Å². The Labute approximate surface area is 123 Å². The summed E-state index contributed by atoms with van der Waals surface area (Å²) in [5.41, 5.74) is 3.29. The summed E-state index contributed by atoms with van der Waals surface area (Å²) in [5.74, 6) is -0.926. The first kappa shape index (κ1) is 14.7. The van der Waals surface area contributed by atoms with Crippen molar-refractivity contribution >= 4 is 34.5 Å². The minimum absolute atomic E-state index is 0.281. The Morgan fingerprint density at radius 3 is 2.75 bits per heavy atom. The molecule has 1 N–H and O–H groups in total. The largest absolute Gasteiger partial charge is 0.478 e. The van der Waals surface area contributed by atoms with Crippen LogP contribution in [0.4, 0.5) is 0 Å². The van der Waals surface area contributed by atoms with E-state index in [0.717, 1.165) is 35.0 Å². The van der Waals surface area contributed by atoms with Crippen LogP contribution in [-0.4, -0.2) is 15.6 Å². The van der Waals surface area contributed by atoms with E-state index < -0.39 is 5.97 Å². The number of aromatic nitrogens is 1. The molecule has 0 fully saturated rings. The summed E-state index contributed by atoms with van der Waals surface area (Å²) in [6.07, 6.45) is 2.62. The van der Waals surface area contributed by atoms with Gasteiger partial charge in [-0.3, -0.25) is 0 Å². The normalized spacial score (nSPS) is 12.1. The zero-order chi connectivity index (χ0) is 14.9. The van der Waals surface area contributed by atoms with E-state index in [2.05, 4.69) is 13.0 Å². The minimum Gasteiger partial charge on any atom is -0.478 e. The summed E-state index contributed by atoms with van der Waals surface area (Å²) in [6, 6.07) is 6.11. The Morgan fingerprint density at radius 2 is 2.15 bits per heavy atom. The summed E-state index contributed by atoms with van der Waals surface area (Å²) in [7, 11) is 0. The van der Waals surface area contributed by atoms with Crippen LogP contribution in [0.25, 0.3) is 17.0 Å². The van der Waals surface area contributed by atoms with E-state index in [4.69, 9.17) is 16.7 Å². The summed E-state index contributed by atoms with van der Waals surface area (Å²) in [6.45, 7) is 6.53. The Bertz CT molecular complexity index is 698. The van der Waals surface area contributed by atoms with E-state index >= 15 is 0 Å². The van der Waals surface area contributed by atoms with Gasteiger partial charge in [-0.05, 0) is 38.0 Å². The van der Waals surface area contributed by atoms with Crippen LogP contribution in [0.15, 0.2) is 23.8 Å². The maximum atomic E-state index is 11.0. The van der Waals surface area contributed by atoms with Gasteiger partial charge in [0.2, 0.25) is 0 Å². The predicted molar refractivity (Wildman–Crippen MR) is 83.3 cm³/mol. The number of aryl methyl sites for hydroxylation is 2. The Balaban J connectivity index is 2.74. The molecule has 0 saturated heterocycles. The second-order valence-electron chi connectivity index (χ2n) is 5.01. The molecular weight excluding hydrogens is 274 g/mol. The van der Waals surface area contributed by atoms with Crippen LogP contribution in [0.5, 0.6) is 0 Å². The SMILES string of the molecule is CCCn1c(Cl)c(/C=C(\C)C(=O)O)c2ccc(C)cc21. The first-order valence-electron chi connectivity index (χ1n) is 6.65. The lowest BCUT2D eigenvalue weighted by Crippen LogP contribution is -1.97. The van der Waals surface area contributed by atoms with Gasteiger partial charge in [-0.15, -0.1) is 0 Å². The number of benzene rings is 1. The van der Waals surface area contributed by atoms with Gasteiger partial charge in [-0.2, -0.15) is 0 Å². The highest BCUT2D eigenvalue weighted by Crippen LogP contribution is 2.32. The first-order valence-corrected chi connectivity index (χ1v) is 7.03. The number of hydrogen-bond acceptors (Lipinski definition) is 1. The summed E-state index contributed by atoms with van der Waals surface area (Å²) >= 11 is 6.46. The fraction of sp³-hybridized carbons (Fsp3) is 0.312. The van der Waals surface area contributed by atoms with E-state index in [0.29, 0.717) is 5.15 Å². The molecular formula is C16H18ClNO2. The molecule has 4 heteroatoms. The minimum atomic E-state index is -0.926. The van der Waals surface area contributed by atoms with Crippen molar-refractivity contribution in [3.63, 3.8) is 0 Å². The van der Waals surface area contributed by atoms with Crippen molar-refractivity contribution in [2.75, 3.05) is 0 Å². The van der Waals surface area contributed by atoms with Crippen molar-refractivity contribution in [3.05, 3.63) is 40.1 Å². The van der Waals surface area contributed by atoms with E-state index in [1.165, 1.54) is 0 Å². The molecule has 0 saturated carbocycles. The third-order valence-corrected chi connectivity index (χ3v) is 3.75. The fourth-order valence-electron chi connectivity index (χ4n) is 2.31. The average molecular weight is 292 g/mol. The molecule has 106 valence electrons. The quantitative estimate of drug-likeness (QED) is 0.843. The molecule has 0 amide bonds. The maximum absolute atomic E-state index is 11.0. The van der Waals surface area contributed by atoms with E-state index in [-0.39, 0.29) is 5.57 Å². The maximum Gasteiger partial charge on any atom is 0.331 e. The topological polar surface area (TPSA) is 42.2 Å². The number of carboxylic acid groups (broad SMARTS) is 1. The molecule has 0 unspecified atom stereocenters. The lowest BCUT2D eigenvalue weighted by Gasteiger charge is -2.05. The van der Waals surface area contributed by atoms with Crippen LogP contribution in [0.2, 0.25) is 5.15 Å². The zero-order valence-corrected chi connectivity index (χ0v) is 12.7. The highest BCUT2D eigenvalue weighted by atomic mass is 35.5. The van der Waals surface area contributed by atoms with Crippen LogP contribution in [-0.2, 0) is 11.3 Å². The second kappa shape index (κ2) is 5.71. The van der Waals surface area contributed by atoms with Crippen molar-refractivity contribution in [2.45, 2.75) is 33.7 Å². The first-order chi connectivity index (χ1) is 9.45. The van der Waals surface area contributed by atoms with Crippen LogP contribution in [0, 0.1) is 6.92 Å². The number of rotatable bonds is 4. The van der Waals surface area contributed by atoms with E-state index in [1.54, 1.807) is 13.0 Å². The smallest absolute Gasteiger partial charge is 0.331 e. The Hall–Kier alpha value is -1.74. The highest BCUT2D eigenvalue weighted by molar-refractivity contribution is 6.33. The van der Waals surface area contributed by atoms with Crippen LogP contribution >= 0.6 is 11.6 Å².